The van der Waals surface area contributed by atoms with Crippen molar-refractivity contribution in [3.05, 3.63) is 113 Å². The summed E-state index contributed by atoms with van der Waals surface area (Å²) in [5.74, 6) is -1.31. The summed E-state index contributed by atoms with van der Waals surface area (Å²) in [6, 6.07) is 23.7. The summed E-state index contributed by atoms with van der Waals surface area (Å²) in [7, 11) is 1.38. The monoisotopic (exact) mass is 579 g/mol. The van der Waals surface area contributed by atoms with Gasteiger partial charge in [0.15, 0.2) is 6.10 Å². The van der Waals surface area contributed by atoms with E-state index in [4.69, 9.17) is 25.5 Å². The van der Waals surface area contributed by atoms with E-state index in [2.05, 4.69) is 4.98 Å². The number of hydrogen-bond donors (Lipinski definition) is 2. The maximum absolute atomic E-state index is 14.2. The summed E-state index contributed by atoms with van der Waals surface area (Å²) in [5.41, 5.74) is 9.67. The van der Waals surface area contributed by atoms with Gasteiger partial charge >= 0.3 is 5.97 Å². The predicted octanol–water partition coefficient (Wildman–Crippen LogP) is 4.48. The van der Waals surface area contributed by atoms with E-state index in [0.29, 0.717) is 40.4 Å². The van der Waals surface area contributed by atoms with Gasteiger partial charge in [-0.05, 0) is 42.0 Å². The topological polar surface area (TPSA) is 153 Å². The van der Waals surface area contributed by atoms with E-state index in [9.17, 15) is 19.1 Å². The molecule has 0 aliphatic rings. The van der Waals surface area contributed by atoms with Crippen LogP contribution in [0.4, 0.5) is 4.39 Å². The summed E-state index contributed by atoms with van der Waals surface area (Å²) in [4.78, 5) is 32.7. The highest BCUT2D eigenvalue weighted by atomic mass is 19.1. The predicted molar refractivity (Wildman–Crippen MR) is 155 cm³/mol. The highest BCUT2D eigenvalue weighted by Crippen LogP contribution is 2.25. The third kappa shape index (κ3) is 6.50. The van der Waals surface area contributed by atoms with Crippen molar-refractivity contribution in [1.29, 1.82) is 5.26 Å². The average molecular weight is 580 g/mol. The Morgan fingerprint density at radius 2 is 1.86 bits per heavy atom. The number of halogens is 1. The number of amides is 1. The van der Waals surface area contributed by atoms with Crippen LogP contribution in [0.2, 0.25) is 0 Å². The van der Waals surface area contributed by atoms with Crippen molar-refractivity contribution in [3.8, 4) is 23.2 Å². The Labute approximate surface area is 245 Å². The molecule has 43 heavy (non-hydrogen) atoms. The quantitative estimate of drug-likeness (QED) is 0.232. The second kappa shape index (κ2) is 12.5. The first kappa shape index (κ1) is 28.9. The van der Waals surface area contributed by atoms with Crippen molar-refractivity contribution >= 4 is 22.9 Å². The highest BCUT2D eigenvalue weighted by Gasteiger charge is 2.21. The van der Waals surface area contributed by atoms with E-state index in [1.165, 1.54) is 37.4 Å². The Morgan fingerprint density at radius 1 is 1.07 bits per heavy atom. The van der Waals surface area contributed by atoms with Crippen molar-refractivity contribution < 1.29 is 28.6 Å². The van der Waals surface area contributed by atoms with Crippen LogP contribution in [0.15, 0.2) is 78.9 Å². The van der Waals surface area contributed by atoms with Crippen molar-refractivity contribution in [2.24, 2.45) is 5.73 Å². The standard InChI is InChI=1S/C32H26FN5O5/c1-42-28(31(35)39)17-38-27-15-22(32(40)41)11-12-26(27)36-29(38)14-19-5-8-21(9-6-19)25-3-2-4-30(37-25)43-18-23-10-7-20(16-34)13-24(23)33/h2-13,15,28H,14,17-18H2,1H3,(H2,35,39)(H,40,41)/t28-/m1/s1. The maximum atomic E-state index is 14.2. The molecule has 0 unspecified atom stereocenters. The molecule has 0 aliphatic heterocycles. The summed E-state index contributed by atoms with van der Waals surface area (Å²) < 4.78 is 26.9. The molecule has 10 nitrogen and oxygen atoms in total. The molecule has 2 aromatic heterocycles. The fourth-order valence-electron chi connectivity index (χ4n) is 4.61. The molecule has 11 heteroatoms. The van der Waals surface area contributed by atoms with Crippen LogP contribution in [0.1, 0.15) is 32.9 Å². The minimum atomic E-state index is -1.07. The molecule has 0 saturated carbocycles. The summed E-state index contributed by atoms with van der Waals surface area (Å²) in [6.45, 7) is 0.0312. The van der Waals surface area contributed by atoms with Gasteiger partial charge in [0.25, 0.3) is 0 Å². The van der Waals surface area contributed by atoms with Gasteiger partial charge in [-0.25, -0.2) is 19.2 Å². The number of rotatable bonds is 11. The summed E-state index contributed by atoms with van der Waals surface area (Å²) in [5, 5.41) is 18.4. The third-order valence-corrected chi connectivity index (χ3v) is 6.92. The molecule has 0 fully saturated rings. The van der Waals surface area contributed by atoms with Gasteiger partial charge in [0, 0.05) is 30.7 Å². The lowest BCUT2D eigenvalue weighted by atomic mass is 10.1. The SMILES string of the molecule is CO[C@H](Cn1c(Cc2ccc(-c3cccc(OCc4ccc(C#N)cc4F)n3)cc2)nc2ccc(C(=O)O)cc21)C(N)=O. The average Bonchev–Trinajstić information content (AvgIpc) is 3.35. The number of aromatic carboxylic acids is 1. The minimum absolute atomic E-state index is 0.0401. The number of ether oxygens (including phenoxy) is 2. The number of carboxylic acids is 1. The maximum Gasteiger partial charge on any atom is 0.335 e. The Kier molecular flexibility index (Phi) is 8.41. The normalized spacial score (nSPS) is 11.7. The summed E-state index contributed by atoms with van der Waals surface area (Å²) in [6.07, 6.45) is -0.541. The fraction of sp³-hybridized carbons (Fsp3) is 0.156. The van der Waals surface area contributed by atoms with Gasteiger partial charge in [-0.3, -0.25) is 4.79 Å². The van der Waals surface area contributed by atoms with E-state index >= 15 is 0 Å². The van der Waals surface area contributed by atoms with E-state index < -0.39 is 23.8 Å². The molecule has 1 atom stereocenters. The van der Waals surface area contributed by atoms with E-state index in [-0.39, 0.29) is 24.3 Å². The molecule has 1 amide bonds. The lowest BCUT2D eigenvalue weighted by molar-refractivity contribution is -0.128. The largest absolute Gasteiger partial charge is 0.478 e. The van der Waals surface area contributed by atoms with Gasteiger partial charge in [-0.15, -0.1) is 0 Å². The van der Waals surface area contributed by atoms with Crippen LogP contribution in [-0.2, 0) is 29.1 Å². The molecular formula is C32H26FN5O5. The number of nitrogens with zero attached hydrogens (tertiary/aromatic N) is 4. The van der Waals surface area contributed by atoms with E-state index in [1.807, 2.05) is 36.4 Å². The van der Waals surface area contributed by atoms with Crippen LogP contribution in [-0.4, -0.2) is 44.7 Å². The number of fused-ring (bicyclic) bond motifs is 1. The first-order valence-electron chi connectivity index (χ1n) is 13.2. The minimum Gasteiger partial charge on any atom is -0.478 e. The van der Waals surface area contributed by atoms with Crippen molar-refractivity contribution in [1.82, 2.24) is 14.5 Å². The molecule has 0 spiro atoms. The molecule has 2 heterocycles. The second-order valence-corrected chi connectivity index (χ2v) is 9.72. The molecule has 5 aromatic rings. The van der Waals surface area contributed by atoms with Gasteiger partial charge < -0.3 is 24.9 Å². The molecule has 216 valence electrons. The van der Waals surface area contributed by atoms with Crippen LogP contribution in [0.25, 0.3) is 22.3 Å². The van der Waals surface area contributed by atoms with Gasteiger partial charge in [-0.2, -0.15) is 5.26 Å². The smallest absolute Gasteiger partial charge is 0.335 e. The number of nitrogens with two attached hydrogens (primary N) is 1. The van der Waals surface area contributed by atoms with Crippen molar-refractivity contribution in [2.45, 2.75) is 25.7 Å². The number of carbonyl (C=O) groups is 2. The summed E-state index contributed by atoms with van der Waals surface area (Å²) >= 11 is 0. The number of carboxylic acid groups (broad SMARTS) is 1. The second-order valence-electron chi connectivity index (χ2n) is 9.72. The highest BCUT2D eigenvalue weighted by molar-refractivity contribution is 5.92. The molecule has 0 saturated heterocycles. The Morgan fingerprint density at radius 3 is 2.53 bits per heavy atom. The van der Waals surface area contributed by atoms with Crippen LogP contribution >= 0.6 is 0 Å². The molecule has 0 bridgehead atoms. The van der Waals surface area contributed by atoms with Crippen LogP contribution in [0.5, 0.6) is 5.88 Å². The van der Waals surface area contributed by atoms with Crippen LogP contribution in [0, 0.1) is 17.1 Å². The Bertz CT molecular complexity index is 1860. The number of methoxy groups -OCH3 is 1. The molecule has 3 N–H and O–H groups in total. The first-order valence-corrected chi connectivity index (χ1v) is 13.2. The number of aromatic nitrogens is 3. The lowest BCUT2D eigenvalue weighted by Crippen LogP contribution is -2.34. The molecule has 5 rings (SSSR count). The van der Waals surface area contributed by atoms with Gasteiger partial charge in [-0.1, -0.05) is 36.4 Å². The number of primary amides is 1. The number of carbonyl (C=O) groups excluding carboxylic acids is 1. The number of hydrogen-bond acceptors (Lipinski definition) is 7. The molecule has 0 aliphatic carbocycles. The zero-order chi connectivity index (χ0) is 30.5. The first-order chi connectivity index (χ1) is 20.7. The van der Waals surface area contributed by atoms with Crippen LogP contribution < -0.4 is 10.5 Å². The van der Waals surface area contributed by atoms with Crippen molar-refractivity contribution in [2.75, 3.05) is 7.11 Å². The zero-order valence-electron chi connectivity index (χ0n) is 23.0. The van der Waals surface area contributed by atoms with Gasteiger partial charge in [0.1, 0.15) is 18.2 Å². The van der Waals surface area contributed by atoms with Crippen LogP contribution in [0.3, 0.4) is 0 Å². The van der Waals surface area contributed by atoms with E-state index in [0.717, 1.165) is 11.1 Å². The molecule has 0 radical (unpaired) electrons. The third-order valence-electron chi connectivity index (χ3n) is 6.92. The number of nitriles is 1. The van der Waals surface area contributed by atoms with Gasteiger partial charge in [0.05, 0.1) is 40.5 Å². The van der Waals surface area contributed by atoms with E-state index in [1.54, 1.807) is 22.8 Å². The Hall–Kier alpha value is -5.60. The zero-order valence-corrected chi connectivity index (χ0v) is 23.0. The number of pyridine rings is 1. The number of benzene rings is 3. The number of imidazole rings is 1. The Balaban J connectivity index is 1.36. The van der Waals surface area contributed by atoms with Gasteiger partial charge in [0.2, 0.25) is 11.8 Å². The fourth-order valence-corrected chi connectivity index (χ4v) is 4.61. The van der Waals surface area contributed by atoms with Crippen molar-refractivity contribution in [3.63, 3.8) is 0 Å². The molecular weight excluding hydrogens is 553 g/mol. The lowest BCUT2D eigenvalue weighted by Gasteiger charge is -2.15. The molecule has 3 aromatic carbocycles.